The third kappa shape index (κ3) is 4.39. The second kappa shape index (κ2) is 8.78. The van der Waals surface area contributed by atoms with Gasteiger partial charge in [-0.25, -0.2) is 0 Å². The van der Waals surface area contributed by atoms with E-state index in [1.54, 1.807) is 7.11 Å². The first-order valence-corrected chi connectivity index (χ1v) is 10.4. The predicted octanol–water partition coefficient (Wildman–Crippen LogP) is 3.86. The predicted molar refractivity (Wildman–Crippen MR) is 112 cm³/mol. The number of amides is 1. The van der Waals surface area contributed by atoms with Crippen LogP contribution in [0.3, 0.4) is 0 Å². The van der Waals surface area contributed by atoms with E-state index in [-0.39, 0.29) is 5.91 Å². The number of carbonyl (C=O) groups excluding carboxylic acids is 1. The fourth-order valence-electron chi connectivity index (χ4n) is 4.65. The summed E-state index contributed by atoms with van der Waals surface area (Å²) in [5, 5.41) is 0. The smallest absolute Gasteiger partial charge is 0.253 e. The molecule has 2 aliphatic rings. The second-order valence-corrected chi connectivity index (χ2v) is 8.09. The Morgan fingerprint density at radius 1 is 0.964 bits per heavy atom. The fourth-order valence-corrected chi connectivity index (χ4v) is 4.65. The van der Waals surface area contributed by atoms with Crippen molar-refractivity contribution in [1.82, 2.24) is 9.80 Å². The normalized spacial score (nSPS) is 21.0. The summed E-state index contributed by atoms with van der Waals surface area (Å²) in [6.45, 7) is 4.12. The highest BCUT2D eigenvalue weighted by Crippen LogP contribution is 2.27. The Labute approximate surface area is 168 Å². The Morgan fingerprint density at radius 2 is 1.68 bits per heavy atom. The van der Waals surface area contributed by atoms with Gasteiger partial charge in [0.1, 0.15) is 5.75 Å². The van der Waals surface area contributed by atoms with E-state index in [0.29, 0.717) is 6.04 Å². The summed E-state index contributed by atoms with van der Waals surface area (Å²) in [6.07, 6.45) is 4.60. The van der Waals surface area contributed by atoms with Gasteiger partial charge in [0.25, 0.3) is 5.91 Å². The Balaban J connectivity index is 1.26. The standard InChI is InChI=1S/C24H30N2O2/c1-28-23-9-7-19(8-10-23)17-20-11-14-26(18-20)22-12-15-25(16-13-22)24(27)21-5-3-2-4-6-21/h2-10,20,22H,11-18H2,1H3. The van der Waals surface area contributed by atoms with Gasteiger partial charge in [-0.1, -0.05) is 30.3 Å². The van der Waals surface area contributed by atoms with E-state index in [2.05, 4.69) is 29.2 Å². The van der Waals surface area contributed by atoms with Crippen molar-refractivity contribution in [3.8, 4) is 5.75 Å². The number of ether oxygens (including phenoxy) is 1. The van der Waals surface area contributed by atoms with Crippen molar-refractivity contribution in [2.45, 2.75) is 31.7 Å². The molecule has 1 atom stereocenters. The monoisotopic (exact) mass is 378 g/mol. The molecule has 4 rings (SSSR count). The van der Waals surface area contributed by atoms with Crippen molar-refractivity contribution in [2.75, 3.05) is 33.3 Å². The van der Waals surface area contributed by atoms with Crippen LogP contribution in [0.2, 0.25) is 0 Å². The molecule has 4 heteroatoms. The van der Waals surface area contributed by atoms with Crippen LogP contribution in [0.15, 0.2) is 54.6 Å². The van der Waals surface area contributed by atoms with Crippen LogP contribution in [-0.4, -0.2) is 55.0 Å². The van der Waals surface area contributed by atoms with Crippen LogP contribution in [0, 0.1) is 5.92 Å². The van der Waals surface area contributed by atoms with Crippen LogP contribution in [0.25, 0.3) is 0 Å². The zero-order valence-corrected chi connectivity index (χ0v) is 16.7. The van der Waals surface area contributed by atoms with Crippen LogP contribution >= 0.6 is 0 Å². The molecule has 2 aromatic rings. The number of likely N-dealkylation sites (tertiary alicyclic amines) is 2. The van der Waals surface area contributed by atoms with Crippen LogP contribution in [-0.2, 0) is 6.42 Å². The molecule has 0 aromatic heterocycles. The molecule has 1 unspecified atom stereocenters. The van der Waals surface area contributed by atoms with Crippen LogP contribution < -0.4 is 4.74 Å². The molecule has 0 aliphatic carbocycles. The minimum absolute atomic E-state index is 0.179. The van der Waals surface area contributed by atoms with Crippen molar-refractivity contribution >= 4 is 5.91 Å². The molecular formula is C24H30N2O2. The van der Waals surface area contributed by atoms with E-state index in [1.807, 2.05) is 35.2 Å². The topological polar surface area (TPSA) is 32.8 Å². The summed E-state index contributed by atoms with van der Waals surface area (Å²) < 4.78 is 5.25. The van der Waals surface area contributed by atoms with Crippen molar-refractivity contribution in [1.29, 1.82) is 0 Å². The van der Waals surface area contributed by atoms with Crippen molar-refractivity contribution in [3.05, 3.63) is 65.7 Å². The minimum Gasteiger partial charge on any atom is -0.497 e. The summed E-state index contributed by atoms with van der Waals surface area (Å²) in [5.41, 5.74) is 2.21. The maximum Gasteiger partial charge on any atom is 0.253 e. The van der Waals surface area contributed by atoms with Crippen molar-refractivity contribution in [3.63, 3.8) is 0 Å². The van der Waals surface area contributed by atoms with Gasteiger partial charge in [-0.2, -0.15) is 0 Å². The fraction of sp³-hybridized carbons (Fsp3) is 0.458. The number of methoxy groups -OCH3 is 1. The quantitative estimate of drug-likeness (QED) is 0.792. The molecule has 2 aliphatic heterocycles. The van der Waals surface area contributed by atoms with Gasteiger partial charge < -0.3 is 9.64 Å². The molecule has 0 saturated carbocycles. The zero-order chi connectivity index (χ0) is 19.3. The van der Waals surface area contributed by atoms with Gasteiger partial charge >= 0.3 is 0 Å². The molecule has 0 N–H and O–H groups in total. The van der Waals surface area contributed by atoms with Crippen LogP contribution in [0.1, 0.15) is 35.2 Å². The van der Waals surface area contributed by atoms with E-state index in [0.717, 1.165) is 49.6 Å². The molecular weight excluding hydrogens is 348 g/mol. The molecule has 2 fully saturated rings. The summed E-state index contributed by atoms with van der Waals surface area (Å²) >= 11 is 0. The van der Waals surface area contributed by atoms with Gasteiger partial charge in [0.15, 0.2) is 0 Å². The molecule has 2 aromatic carbocycles. The van der Waals surface area contributed by atoms with Crippen molar-refractivity contribution in [2.24, 2.45) is 5.92 Å². The van der Waals surface area contributed by atoms with Gasteiger partial charge in [-0.05, 0) is 68.0 Å². The van der Waals surface area contributed by atoms with Gasteiger partial charge in [0.05, 0.1) is 7.11 Å². The SMILES string of the molecule is COc1ccc(CC2CCN(C3CCN(C(=O)c4ccccc4)CC3)C2)cc1. The van der Waals surface area contributed by atoms with Gasteiger partial charge in [0.2, 0.25) is 0 Å². The molecule has 28 heavy (non-hydrogen) atoms. The molecule has 2 saturated heterocycles. The van der Waals surface area contributed by atoms with E-state index in [4.69, 9.17) is 4.74 Å². The summed E-state index contributed by atoms with van der Waals surface area (Å²) in [7, 11) is 1.71. The zero-order valence-electron chi connectivity index (χ0n) is 16.7. The van der Waals surface area contributed by atoms with Crippen molar-refractivity contribution < 1.29 is 9.53 Å². The Bertz CT molecular complexity index is 767. The lowest BCUT2D eigenvalue weighted by Gasteiger charge is -2.37. The second-order valence-electron chi connectivity index (χ2n) is 8.09. The number of nitrogens with zero attached hydrogens (tertiary/aromatic N) is 2. The lowest BCUT2D eigenvalue weighted by atomic mass is 9.98. The number of piperidine rings is 1. The maximum absolute atomic E-state index is 12.6. The van der Waals surface area contributed by atoms with Gasteiger partial charge in [-0.15, -0.1) is 0 Å². The van der Waals surface area contributed by atoms with Gasteiger partial charge in [-0.3, -0.25) is 9.69 Å². The van der Waals surface area contributed by atoms with E-state index < -0.39 is 0 Å². The minimum atomic E-state index is 0.179. The number of benzene rings is 2. The van der Waals surface area contributed by atoms with Crippen LogP contribution in [0.5, 0.6) is 5.75 Å². The third-order valence-corrected chi connectivity index (χ3v) is 6.29. The van der Waals surface area contributed by atoms with Gasteiger partial charge in [0, 0.05) is 31.2 Å². The summed E-state index contributed by atoms with van der Waals surface area (Å²) in [4.78, 5) is 17.3. The molecule has 4 nitrogen and oxygen atoms in total. The number of carbonyl (C=O) groups is 1. The largest absolute Gasteiger partial charge is 0.497 e. The Morgan fingerprint density at radius 3 is 2.36 bits per heavy atom. The first-order valence-electron chi connectivity index (χ1n) is 10.4. The maximum atomic E-state index is 12.6. The highest BCUT2D eigenvalue weighted by molar-refractivity contribution is 5.94. The first kappa shape index (κ1) is 19.0. The Kier molecular flexibility index (Phi) is 5.96. The van der Waals surface area contributed by atoms with E-state index in [9.17, 15) is 4.79 Å². The number of hydrogen-bond donors (Lipinski definition) is 0. The Hall–Kier alpha value is -2.33. The van der Waals surface area contributed by atoms with E-state index in [1.165, 1.54) is 25.1 Å². The molecule has 0 bridgehead atoms. The third-order valence-electron chi connectivity index (χ3n) is 6.29. The molecule has 2 heterocycles. The summed E-state index contributed by atoms with van der Waals surface area (Å²) in [6, 6.07) is 18.8. The average molecular weight is 379 g/mol. The highest BCUT2D eigenvalue weighted by atomic mass is 16.5. The molecule has 1 amide bonds. The molecule has 0 spiro atoms. The first-order chi connectivity index (χ1) is 13.7. The lowest BCUT2D eigenvalue weighted by Crippen LogP contribution is -2.46. The van der Waals surface area contributed by atoms with E-state index >= 15 is 0 Å². The lowest BCUT2D eigenvalue weighted by molar-refractivity contribution is 0.0641. The molecule has 0 radical (unpaired) electrons. The molecule has 148 valence electrons. The number of rotatable bonds is 5. The highest BCUT2D eigenvalue weighted by Gasteiger charge is 2.31. The average Bonchev–Trinajstić information content (AvgIpc) is 3.23. The summed E-state index contributed by atoms with van der Waals surface area (Å²) in [5.74, 6) is 1.84. The number of hydrogen-bond acceptors (Lipinski definition) is 3. The van der Waals surface area contributed by atoms with Crippen LogP contribution in [0.4, 0.5) is 0 Å².